The summed E-state index contributed by atoms with van der Waals surface area (Å²) in [4.78, 5) is 39.9. The summed E-state index contributed by atoms with van der Waals surface area (Å²) in [5.41, 5.74) is -0.121. The molecule has 0 radical (unpaired) electrons. The number of fused-ring (bicyclic) bond motifs is 2. The van der Waals surface area contributed by atoms with E-state index in [0.717, 1.165) is 0 Å². The normalized spacial score (nSPS) is 10.8. The van der Waals surface area contributed by atoms with Crippen molar-refractivity contribution in [3.63, 3.8) is 0 Å². The highest BCUT2D eigenvalue weighted by molar-refractivity contribution is 5.98. The molecule has 0 unspecified atom stereocenters. The zero-order valence-corrected chi connectivity index (χ0v) is 13.0. The molecule has 2 aromatic heterocycles. The second-order valence-corrected chi connectivity index (χ2v) is 4.94. The van der Waals surface area contributed by atoms with Gasteiger partial charge in [-0.05, 0) is 25.1 Å². The molecule has 0 aliphatic heterocycles. The van der Waals surface area contributed by atoms with E-state index >= 15 is 0 Å². The maximum absolute atomic E-state index is 12.6. The first-order chi connectivity index (χ1) is 11.5. The fourth-order valence-electron chi connectivity index (χ4n) is 2.28. The van der Waals surface area contributed by atoms with Crippen LogP contribution in [0.1, 0.15) is 24.2 Å². The smallest absolute Gasteiger partial charge is 0.343 e. The number of para-hydroxylation sites is 1. The molecule has 0 fully saturated rings. The van der Waals surface area contributed by atoms with Gasteiger partial charge >= 0.3 is 11.9 Å². The molecule has 0 atom stereocenters. The molecule has 0 amide bonds. The molecule has 7 heteroatoms. The molecule has 2 heterocycles. The zero-order chi connectivity index (χ0) is 17.3. The van der Waals surface area contributed by atoms with E-state index in [1.165, 1.54) is 13.0 Å². The lowest BCUT2D eigenvalue weighted by Gasteiger charge is -2.09. The van der Waals surface area contributed by atoms with Gasteiger partial charge in [0.25, 0.3) is 0 Å². The van der Waals surface area contributed by atoms with Crippen LogP contribution in [0.15, 0.2) is 39.5 Å². The average Bonchev–Trinajstić information content (AvgIpc) is 2.54. The number of ether oxygens (including phenoxy) is 2. The van der Waals surface area contributed by atoms with Crippen LogP contribution in [0.2, 0.25) is 0 Å². The lowest BCUT2D eigenvalue weighted by atomic mass is 10.1. The van der Waals surface area contributed by atoms with Crippen LogP contribution in [0.5, 0.6) is 5.88 Å². The Hall–Kier alpha value is -3.22. The van der Waals surface area contributed by atoms with Gasteiger partial charge in [-0.15, -0.1) is 0 Å². The van der Waals surface area contributed by atoms with E-state index in [1.54, 1.807) is 31.2 Å². The van der Waals surface area contributed by atoms with Crippen molar-refractivity contribution in [3.05, 3.63) is 46.1 Å². The van der Waals surface area contributed by atoms with Gasteiger partial charge < -0.3 is 13.9 Å². The molecular weight excluding hydrogens is 314 g/mol. The van der Waals surface area contributed by atoms with Gasteiger partial charge in [0.1, 0.15) is 11.1 Å². The monoisotopic (exact) mass is 327 g/mol. The summed E-state index contributed by atoms with van der Waals surface area (Å²) in [5.74, 6) is -1.65. The summed E-state index contributed by atoms with van der Waals surface area (Å²) in [7, 11) is 0. The number of carbonyl (C=O) groups is 2. The zero-order valence-electron chi connectivity index (χ0n) is 13.0. The second kappa shape index (κ2) is 6.11. The largest absolute Gasteiger partial charge is 0.462 e. The van der Waals surface area contributed by atoms with Gasteiger partial charge in [0.15, 0.2) is 0 Å². The average molecular weight is 327 g/mol. The maximum atomic E-state index is 12.6. The van der Waals surface area contributed by atoms with Crippen molar-refractivity contribution in [1.82, 2.24) is 4.98 Å². The highest BCUT2D eigenvalue weighted by Gasteiger charge is 2.21. The quantitative estimate of drug-likeness (QED) is 0.538. The molecule has 0 aliphatic carbocycles. The molecule has 0 aliphatic rings. The summed E-state index contributed by atoms with van der Waals surface area (Å²) in [5, 5.41) is 0.467. The van der Waals surface area contributed by atoms with Crippen molar-refractivity contribution in [2.24, 2.45) is 0 Å². The summed E-state index contributed by atoms with van der Waals surface area (Å²) in [6.07, 6.45) is 0. The first-order valence-corrected chi connectivity index (χ1v) is 7.23. The molecule has 7 nitrogen and oxygen atoms in total. The fourth-order valence-corrected chi connectivity index (χ4v) is 2.28. The lowest BCUT2D eigenvalue weighted by molar-refractivity contribution is -0.132. The summed E-state index contributed by atoms with van der Waals surface area (Å²) >= 11 is 0. The van der Waals surface area contributed by atoms with E-state index in [-0.39, 0.29) is 34.6 Å². The van der Waals surface area contributed by atoms with Gasteiger partial charge in [0.05, 0.1) is 17.4 Å². The Bertz CT molecular complexity index is 1020. The first kappa shape index (κ1) is 15.7. The molecule has 3 aromatic rings. The Balaban J connectivity index is 2.33. The number of nitrogens with zero attached hydrogens (tertiary/aromatic N) is 1. The molecule has 0 saturated heterocycles. The van der Waals surface area contributed by atoms with Crippen molar-refractivity contribution in [1.29, 1.82) is 0 Å². The Morgan fingerprint density at radius 2 is 1.96 bits per heavy atom. The minimum absolute atomic E-state index is 0.0250. The number of hydrogen-bond acceptors (Lipinski definition) is 7. The third-order valence-corrected chi connectivity index (χ3v) is 3.27. The Kier molecular flexibility index (Phi) is 3.99. The SMILES string of the molecule is CCOC(=O)c1cc2c(=O)c3ccccc3oc2nc1OC(C)=O. The van der Waals surface area contributed by atoms with Crippen molar-refractivity contribution in [2.75, 3.05) is 6.61 Å². The van der Waals surface area contributed by atoms with Crippen molar-refractivity contribution < 1.29 is 23.5 Å². The third-order valence-electron chi connectivity index (χ3n) is 3.27. The van der Waals surface area contributed by atoms with E-state index in [9.17, 15) is 14.4 Å². The number of carbonyl (C=O) groups excluding carboxylic acids is 2. The van der Waals surface area contributed by atoms with E-state index in [0.29, 0.717) is 11.0 Å². The van der Waals surface area contributed by atoms with Gasteiger partial charge in [-0.3, -0.25) is 9.59 Å². The van der Waals surface area contributed by atoms with Crippen LogP contribution in [0.25, 0.3) is 22.1 Å². The van der Waals surface area contributed by atoms with Crippen LogP contribution >= 0.6 is 0 Å². The molecule has 0 N–H and O–H groups in total. The first-order valence-electron chi connectivity index (χ1n) is 7.23. The number of pyridine rings is 1. The summed E-state index contributed by atoms with van der Waals surface area (Å²) in [6, 6.07) is 7.94. The molecule has 3 rings (SSSR count). The molecule has 0 spiro atoms. The predicted octanol–water partition coefficient (Wildman–Crippen LogP) is 2.44. The number of rotatable bonds is 3. The van der Waals surface area contributed by atoms with Crippen molar-refractivity contribution in [3.8, 4) is 5.88 Å². The van der Waals surface area contributed by atoms with Gasteiger partial charge in [-0.1, -0.05) is 12.1 Å². The number of benzene rings is 1. The molecule has 0 bridgehead atoms. The van der Waals surface area contributed by atoms with Gasteiger partial charge in [-0.25, -0.2) is 4.79 Å². The number of esters is 2. The van der Waals surface area contributed by atoms with Crippen LogP contribution in [0.4, 0.5) is 0 Å². The molecular formula is C17H13NO6. The van der Waals surface area contributed by atoms with Crippen LogP contribution in [0, 0.1) is 0 Å². The molecule has 24 heavy (non-hydrogen) atoms. The second-order valence-electron chi connectivity index (χ2n) is 4.94. The van der Waals surface area contributed by atoms with Crippen molar-refractivity contribution in [2.45, 2.75) is 13.8 Å². The van der Waals surface area contributed by atoms with Gasteiger partial charge in [-0.2, -0.15) is 4.98 Å². The third kappa shape index (κ3) is 2.71. The molecule has 122 valence electrons. The maximum Gasteiger partial charge on any atom is 0.343 e. The van der Waals surface area contributed by atoms with Crippen LogP contribution in [-0.4, -0.2) is 23.5 Å². The van der Waals surface area contributed by atoms with E-state index < -0.39 is 11.9 Å². The lowest BCUT2D eigenvalue weighted by Crippen LogP contribution is -2.13. The van der Waals surface area contributed by atoms with E-state index in [4.69, 9.17) is 13.9 Å². The minimum atomic E-state index is -0.740. The van der Waals surface area contributed by atoms with Crippen LogP contribution in [-0.2, 0) is 9.53 Å². The highest BCUT2D eigenvalue weighted by atomic mass is 16.6. The van der Waals surface area contributed by atoms with Crippen LogP contribution in [0.3, 0.4) is 0 Å². The van der Waals surface area contributed by atoms with E-state index in [2.05, 4.69) is 4.98 Å². The number of hydrogen-bond donors (Lipinski definition) is 0. The summed E-state index contributed by atoms with van der Waals surface area (Å²) < 4.78 is 15.5. The highest BCUT2D eigenvalue weighted by Crippen LogP contribution is 2.24. The Labute approximate surface area is 135 Å². The Morgan fingerprint density at radius 3 is 2.67 bits per heavy atom. The summed E-state index contributed by atoms with van der Waals surface area (Å²) in [6.45, 7) is 2.94. The molecule has 0 saturated carbocycles. The van der Waals surface area contributed by atoms with Gasteiger partial charge in [0.2, 0.25) is 17.0 Å². The fraction of sp³-hybridized carbons (Fsp3) is 0.176. The van der Waals surface area contributed by atoms with Gasteiger partial charge in [0, 0.05) is 6.92 Å². The van der Waals surface area contributed by atoms with E-state index in [1.807, 2.05) is 0 Å². The minimum Gasteiger partial charge on any atom is -0.462 e. The standard InChI is InChI=1S/C17H13NO6/c1-3-22-17(21)12-8-11-14(20)10-6-4-5-7-13(10)24-15(11)18-16(12)23-9(2)19/h4-8H,3H2,1-2H3. The van der Waals surface area contributed by atoms with Crippen molar-refractivity contribution >= 4 is 34.0 Å². The van der Waals surface area contributed by atoms with Crippen LogP contribution < -0.4 is 10.2 Å². The molecule has 1 aromatic carbocycles. The topological polar surface area (TPSA) is 95.7 Å². The Morgan fingerprint density at radius 1 is 1.21 bits per heavy atom. The predicted molar refractivity (Wildman–Crippen MR) is 85.1 cm³/mol. The number of aromatic nitrogens is 1.